The average Bonchev–Trinajstić information content (AvgIpc) is 2.55. The van der Waals surface area contributed by atoms with Gasteiger partial charge in [-0.1, -0.05) is 30.7 Å². The van der Waals surface area contributed by atoms with E-state index in [9.17, 15) is 4.79 Å². The van der Waals surface area contributed by atoms with E-state index < -0.39 is 0 Å². The zero-order chi connectivity index (χ0) is 16.9. The van der Waals surface area contributed by atoms with Crippen LogP contribution >= 0.6 is 11.6 Å². The largest absolute Gasteiger partial charge is 0.491 e. The Bertz CT molecular complexity index is 557. The number of hydrogen-bond acceptors (Lipinski definition) is 4. The van der Waals surface area contributed by atoms with Gasteiger partial charge in [0.25, 0.3) is 0 Å². The predicted molar refractivity (Wildman–Crippen MR) is 95.5 cm³/mol. The fraction of sp³-hybridized carbons (Fsp3) is 0.611. The Morgan fingerprint density at radius 1 is 1.29 bits per heavy atom. The second-order valence-electron chi connectivity index (χ2n) is 6.65. The first-order valence-corrected chi connectivity index (χ1v) is 9.12. The summed E-state index contributed by atoms with van der Waals surface area (Å²) in [6, 6.07) is 7.53. The maximum atomic E-state index is 12.5. The van der Waals surface area contributed by atoms with Gasteiger partial charge >= 0.3 is 0 Å². The molecule has 0 bridgehead atoms. The average molecular weight is 352 g/mol. The van der Waals surface area contributed by atoms with Crippen molar-refractivity contribution in [2.24, 2.45) is 11.8 Å². The molecule has 0 aliphatic carbocycles. The van der Waals surface area contributed by atoms with Gasteiger partial charge in [0.2, 0.25) is 5.91 Å². The normalized spacial score (nSPS) is 20.5. The summed E-state index contributed by atoms with van der Waals surface area (Å²) in [7, 11) is 0. The number of ether oxygens (including phenoxy) is 1. The number of nitrogens with zero attached hydrogens (tertiary/aromatic N) is 2. The monoisotopic (exact) mass is 351 g/mol. The van der Waals surface area contributed by atoms with Crippen LogP contribution in [0.1, 0.15) is 6.92 Å². The van der Waals surface area contributed by atoms with Crippen molar-refractivity contribution in [3.63, 3.8) is 0 Å². The van der Waals surface area contributed by atoms with Crippen LogP contribution in [-0.4, -0.2) is 68.1 Å². The van der Waals surface area contributed by atoms with Crippen LogP contribution in [0, 0.1) is 11.8 Å². The first-order chi connectivity index (χ1) is 11.6. The van der Waals surface area contributed by atoms with Crippen molar-refractivity contribution in [1.82, 2.24) is 15.1 Å². The molecule has 2 saturated heterocycles. The van der Waals surface area contributed by atoms with Gasteiger partial charge in [-0.3, -0.25) is 9.69 Å². The van der Waals surface area contributed by atoms with E-state index in [1.54, 1.807) is 0 Å². The van der Waals surface area contributed by atoms with E-state index in [0.717, 1.165) is 51.6 Å². The molecule has 1 unspecified atom stereocenters. The molecule has 2 aliphatic heterocycles. The molecule has 2 heterocycles. The Balaban J connectivity index is 1.37. The standard InChI is InChI=1S/C18H26ClN3O2/c1-14(15-12-20-13-15)18(23)22-8-6-21(7-9-22)10-11-24-17-5-3-2-4-16(17)19/h2-5,14-15,20H,6-13H2,1H3. The van der Waals surface area contributed by atoms with Crippen LogP contribution in [0.5, 0.6) is 5.75 Å². The highest BCUT2D eigenvalue weighted by molar-refractivity contribution is 6.32. The number of piperazine rings is 1. The fourth-order valence-corrected chi connectivity index (χ4v) is 3.38. The van der Waals surface area contributed by atoms with E-state index in [2.05, 4.69) is 17.1 Å². The SMILES string of the molecule is CC(C(=O)N1CCN(CCOc2ccccc2Cl)CC1)C1CNC1. The third-order valence-corrected chi connectivity index (χ3v) is 5.41. The number of hydrogen-bond donors (Lipinski definition) is 1. The molecule has 0 saturated carbocycles. The first kappa shape index (κ1) is 17.5. The van der Waals surface area contributed by atoms with Crippen LogP contribution in [0.25, 0.3) is 0 Å². The van der Waals surface area contributed by atoms with Crippen LogP contribution in [0.4, 0.5) is 0 Å². The molecule has 0 spiro atoms. The third-order valence-electron chi connectivity index (χ3n) is 5.10. The number of nitrogens with one attached hydrogen (secondary N) is 1. The van der Waals surface area contributed by atoms with Crippen LogP contribution < -0.4 is 10.1 Å². The molecule has 1 aromatic carbocycles. The van der Waals surface area contributed by atoms with Crippen LogP contribution in [0.3, 0.4) is 0 Å². The Kier molecular flexibility index (Phi) is 5.98. The topological polar surface area (TPSA) is 44.8 Å². The molecule has 2 fully saturated rings. The zero-order valence-electron chi connectivity index (χ0n) is 14.2. The Labute approximate surface area is 148 Å². The maximum Gasteiger partial charge on any atom is 0.225 e. The number of halogens is 1. The molecule has 1 atom stereocenters. The lowest BCUT2D eigenvalue weighted by Crippen LogP contribution is -2.54. The van der Waals surface area contributed by atoms with Gasteiger partial charge in [0, 0.05) is 38.6 Å². The number of benzene rings is 1. The molecule has 1 amide bonds. The van der Waals surface area contributed by atoms with Crippen LogP contribution in [0.15, 0.2) is 24.3 Å². The molecule has 2 aliphatic rings. The summed E-state index contributed by atoms with van der Waals surface area (Å²) in [5.41, 5.74) is 0. The lowest BCUT2D eigenvalue weighted by molar-refractivity contribution is -0.139. The van der Waals surface area contributed by atoms with Crippen molar-refractivity contribution in [2.45, 2.75) is 6.92 Å². The van der Waals surface area contributed by atoms with Crippen molar-refractivity contribution in [1.29, 1.82) is 0 Å². The smallest absolute Gasteiger partial charge is 0.225 e. The molecule has 1 aromatic rings. The van der Waals surface area contributed by atoms with Crippen molar-refractivity contribution >= 4 is 17.5 Å². The molecular formula is C18H26ClN3O2. The summed E-state index contributed by atoms with van der Waals surface area (Å²) in [5, 5.41) is 3.89. The second kappa shape index (κ2) is 8.19. The van der Waals surface area contributed by atoms with Gasteiger partial charge in [-0.15, -0.1) is 0 Å². The molecule has 3 rings (SSSR count). The van der Waals surface area contributed by atoms with E-state index in [1.165, 1.54) is 0 Å². The first-order valence-electron chi connectivity index (χ1n) is 8.74. The number of carbonyl (C=O) groups excluding carboxylic acids is 1. The highest BCUT2D eigenvalue weighted by Crippen LogP contribution is 2.23. The summed E-state index contributed by atoms with van der Waals surface area (Å²) in [4.78, 5) is 16.9. The van der Waals surface area contributed by atoms with Crippen molar-refractivity contribution in [3.05, 3.63) is 29.3 Å². The van der Waals surface area contributed by atoms with E-state index in [4.69, 9.17) is 16.3 Å². The molecule has 132 valence electrons. The van der Waals surface area contributed by atoms with Crippen molar-refractivity contribution < 1.29 is 9.53 Å². The van der Waals surface area contributed by atoms with Gasteiger partial charge in [-0.2, -0.15) is 0 Å². The minimum Gasteiger partial charge on any atom is -0.491 e. The highest BCUT2D eigenvalue weighted by Gasteiger charge is 2.32. The van der Waals surface area contributed by atoms with E-state index in [-0.39, 0.29) is 5.92 Å². The molecule has 6 heteroatoms. The molecule has 0 aromatic heterocycles. The summed E-state index contributed by atoms with van der Waals surface area (Å²) in [6.07, 6.45) is 0. The minimum atomic E-state index is 0.140. The lowest BCUT2D eigenvalue weighted by Gasteiger charge is -2.39. The summed E-state index contributed by atoms with van der Waals surface area (Å²) >= 11 is 6.08. The van der Waals surface area contributed by atoms with Gasteiger partial charge < -0.3 is 15.0 Å². The summed E-state index contributed by atoms with van der Waals surface area (Å²) in [6.45, 7) is 8.94. The molecule has 5 nitrogen and oxygen atoms in total. The third kappa shape index (κ3) is 4.21. The maximum absolute atomic E-state index is 12.5. The van der Waals surface area contributed by atoms with Crippen molar-refractivity contribution in [3.8, 4) is 5.75 Å². The van der Waals surface area contributed by atoms with Crippen molar-refractivity contribution in [2.75, 3.05) is 52.4 Å². The summed E-state index contributed by atoms with van der Waals surface area (Å²) in [5.74, 6) is 1.70. The molecular weight excluding hydrogens is 326 g/mol. The van der Waals surface area contributed by atoms with Gasteiger partial charge in [-0.25, -0.2) is 0 Å². The van der Waals surface area contributed by atoms with Crippen LogP contribution in [0.2, 0.25) is 5.02 Å². The fourth-order valence-electron chi connectivity index (χ4n) is 3.19. The second-order valence-corrected chi connectivity index (χ2v) is 7.06. The van der Waals surface area contributed by atoms with E-state index >= 15 is 0 Å². The van der Waals surface area contributed by atoms with E-state index in [0.29, 0.717) is 23.5 Å². The van der Waals surface area contributed by atoms with Gasteiger partial charge in [0.15, 0.2) is 0 Å². The van der Waals surface area contributed by atoms with E-state index in [1.807, 2.05) is 29.2 Å². The number of rotatable bonds is 6. The Hall–Kier alpha value is -1.30. The van der Waals surface area contributed by atoms with Gasteiger partial charge in [-0.05, 0) is 31.1 Å². The Morgan fingerprint density at radius 3 is 2.62 bits per heavy atom. The summed E-state index contributed by atoms with van der Waals surface area (Å²) < 4.78 is 5.74. The molecule has 0 radical (unpaired) electrons. The highest BCUT2D eigenvalue weighted by atomic mass is 35.5. The predicted octanol–water partition coefficient (Wildman–Crippen LogP) is 1.72. The molecule has 1 N–H and O–H groups in total. The quantitative estimate of drug-likeness (QED) is 0.847. The number of para-hydroxylation sites is 1. The minimum absolute atomic E-state index is 0.140. The number of amides is 1. The number of carbonyl (C=O) groups is 1. The Morgan fingerprint density at radius 2 is 2.00 bits per heavy atom. The van der Waals surface area contributed by atoms with Crippen LogP contribution in [-0.2, 0) is 4.79 Å². The van der Waals surface area contributed by atoms with Gasteiger partial charge in [0.05, 0.1) is 5.02 Å². The molecule has 24 heavy (non-hydrogen) atoms. The zero-order valence-corrected chi connectivity index (χ0v) is 15.0. The van der Waals surface area contributed by atoms with Gasteiger partial charge in [0.1, 0.15) is 12.4 Å². The lowest BCUT2D eigenvalue weighted by atomic mass is 9.88.